The molecule has 1 heterocycles. The van der Waals surface area contributed by atoms with Crippen molar-refractivity contribution in [2.45, 2.75) is 6.42 Å². The lowest BCUT2D eigenvalue weighted by Crippen LogP contribution is -2.27. The molecular formula is C11H17N3O4S. The molecule has 0 spiro atoms. The summed E-state index contributed by atoms with van der Waals surface area (Å²) >= 11 is 1.64. The zero-order valence-corrected chi connectivity index (χ0v) is 11.5. The van der Waals surface area contributed by atoms with Crippen molar-refractivity contribution >= 4 is 23.4 Å². The van der Waals surface area contributed by atoms with E-state index in [-0.39, 0.29) is 23.9 Å². The van der Waals surface area contributed by atoms with Gasteiger partial charge < -0.3 is 15.0 Å². The van der Waals surface area contributed by atoms with Gasteiger partial charge in [0.1, 0.15) is 5.69 Å². The summed E-state index contributed by atoms with van der Waals surface area (Å²) in [5.41, 5.74) is 0.178. The molecule has 106 valence electrons. The van der Waals surface area contributed by atoms with Gasteiger partial charge >= 0.3 is 0 Å². The molecule has 0 bridgehead atoms. The van der Waals surface area contributed by atoms with Crippen LogP contribution in [0.1, 0.15) is 16.9 Å². The second-order valence-electron chi connectivity index (χ2n) is 3.90. The van der Waals surface area contributed by atoms with Gasteiger partial charge in [0.2, 0.25) is 0 Å². The van der Waals surface area contributed by atoms with Crippen LogP contribution in [-0.2, 0) is 7.05 Å². The molecule has 0 saturated carbocycles. The second kappa shape index (κ2) is 7.80. The molecule has 0 unspecified atom stereocenters. The number of aliphatic hydroxyl groups is 1. The predicted octanol–water partition coefficient (Wildman–Crippen LogP) is 0.779. The van der Waals surface area contributed by atoms with Crippen molar-refractivity contribution in [3.05, 3.63) is 28.1 Å². The molecule has 7 nitrogen and oxygen atoms in total. The number of nitrogens with one attached hydrogen (secondary N) is 1. The molecule has 19 heavy (non-hydrogen) atoms. The first-order chi connectivity index (χ1) is 9.06. The Morgan fingerprint density at radius 1 is 1.58 bits per heavy atom. The predicted molar refractivity (Wildman–Crippen MR) is 73.4 cm³/mol. The van der Waals surface area contributed by atoms with E-state index in [1.165, 1.54) is 16.8 Å². The van der Waals surface area contributed by atoms with Crippen LogP contribution in [0.2, 0.25) is 0 Å². The first-order valence-electron chi connectivity index (χ1n) is 5.84. The number of hydrogen-bond acceptors (Lipinski definition) is 5. The third-order valence-corrected chi connectivity index (χ3v) is 3.48. The van der Waals surface area contributed by atoms with Gasteiger partial charge in [-0.2, -0.15) is 11.8 Å². The van der Waals surface area contributed by atoms with Crippen LogP contribution in [0.15, 0.2) is 12.3 Å². The summed E-state index contributed by atoms with van der Waals surface area (Å²) in [6, 6.07) is 1.26. The van der Waals surface area contributed by atoms with Gasteiger partial charge in [-0.25, -0.2) is 0 Å². The molecule has 1 aromatic rings. The normalized spacial score (nSPS) is 10.4. The molecule has 0 aliphatic carbocycles. The van der Waals surface area contributed by atoms with Crippen LogP contribution in [-0.4, -0.2) is 45.2 Å². The van der Waals surface area contributed by atoms with Crippen LogP contribution < -0.4 is 5.32 Å². The van der Waals surface area contributed by atoms with Crippen LogP contribution >= 0.6 is 11.8 Å². The Morgan fingerprint density at radius 3 is 2.89 bits per heavy atom. The Morgan fingerprint density at radius 2 is 2.32 bits per heavy atom. The number of hydrogen-bond donors (Lipinski definition) is 2. The summed E-state index contributed by atoms with van der Waals surface area (Å²) in [6.45, 7) is 0.667. The van der Waals surface area contributed by atoms with E-state index in [1.807, 2.05) is 0 Å². The molecule has 0 aliphatic heterocycles. The van der Waals surface area contributed by atoms with E-state index in [1.54, 1.807) is 18.8 Å². The highest BCUT2D eigenvalue weighted by molar-refractivity contribution is 7.99. The summed E-state index contributed by atoms with van der Waals surface area (Å²) in [5.74, 6) is 1.28. The number of carbonyl (C=O) groups is 1. The van der Waals surface area contributed by atoms with Gasteiger partial charge in [-0.1, -0.05) is 0 Å². The standard InChI is InChI=1S/C11H17N3O4S/c1-13-8-9(14(17)18)7-10(13)11(16)12-3-6-19-5-2-4-15/h7-8,15H,2-6H2,1H3,(H,12,16). The van der Waals surface area contributed by atoms with E-state index in [0.717, 1.165) is 17.9 Å². The molecule has 2 N–H and O–H groups in total. The number of thioether (sulfide) groups is 1. The van der Waals surface area contributed by atoms with Crippen molar-refractivity contribution < 1.29 is 14.8 Å². The van der Waals surface area contributed by atoms with Crippen molar-refractivity contribution in [3.63, 3.8) is 0 Å². The van der Waals surface area contributed by atoms with E-state index in [0.29, 0.717) is 6.54 Å². The van der Waals surface area contributed by atoms with E-state index in [2.05, 4.69) is 5.32 Å². The Kier molecular flexibility index (Phi) is 6.37. The largest absolute Gasteiger partial charge is 0.396 e. The molecule has 1 aromatic heterocycles. The molecule has 0 radical (unpaired) electrons. The third kappa shape index (κ3) is 4.92. The Bertz CT molecular complexity index is 447. The summed E-state index contributed by atoms with van der Waals surface area (Å²) in [4.78, 5) is 21.8. The fraction of sp³-hybridized carbons (Fsp3) is 0.545. The minimum atomic E-state index is -0.526. The molecule has 0 fully saturated rings. The van der Waals surface area contributed by atoms with Crippen molar-refractivity contribution in [2.75, 3.05) is 24.7 Å². The smallest absolute Gasteiger partial charge is 0.287 e. The zero-order chi connectivity index (χ0) is 14.3. The molecule has 0 aromatic carbocycles. The molecule has 0 atom stereocenters. The Labute approximate surface area is 115 Å². The number of aryl methyl sites for hydroxylation is 1. The van der Waals surface area contributed by atoms with Gasteiger partial charge in [0.15, 0.2) is 0 Å². The summed E-state index contributed by atoms with van der Waals surface area (Å²) < 4.78 is 1.44. The summed E-state index contributed by atoms with van der Waals surface area (Å²) in [6.07, 6.45) is 2.05. The fourth-order valence-corrected chi connectivity index (χ4v) is 2.25. The molecule has 0 saturated heterocycles. The lowest BCUT2D eigenvalue weighted by atomic mass is 10.4. The number of rotatable bonds is 8. The Balaban J connectivity index is 2.39. The highest BCUT2D eigenvalue weighted by Crippen LogP contribution is 2.14. The minimum Gasteiger partial charge on any atom is -0.396 e. The van der Waals surface area contributed by atoms with E-state index in [4.69, 9.17) is 5.11 Å². The second-order valence-corrected chi connectivity index (χ2v) is 5.12. The third-order valence-electron chi connectivity index (χ3n) is 2.41. The lowest BCUT2D eigenvalue weighted by Gasteiger charge is -2.05. The maximum Gasteiger partial charge on any atom is 0.287 e. The van der Waals surface area contributed by atoms with Gasteiger partial charge in [0.05, 0.1) is 11.1 Å². The lowest BCUT2D eigenvalue weighted by molar-refractivity contribution is -0.384. The number of nitro groups is 1. The number of aromatic nitrogens is 1. The first kappa shape index (κ1) is 15.5. The fourth-order valence-electron chi connectivity index (χ4n) is 1.47. The summed E-state index contributed by atoms with van der Waals surface area (Å²) in [7, 11) is 1.60. The van der Waals surface area contributed by atoms with Crippen molar-refractivity contribution in [2.24, 2.45) is 7.05 Å². The van der Waals surface area contributed by atoms with Crippen molar-refractivity contribution in [3.8, 4) is 0 Å². The molecule has 8 heteroatoms. The number of aliphatic hydroxyl groups excluding tert-OH is 1. The molecule has 1 amide bonds. The van der Waals surface area contributed by atoms with Crippen LogP contribution in [0.4, 0.5) is 5.69 Å². The highest BCUT2D eigenvalue weighted by atomic mass is 32.2. The van der Waals surface area contributed by atoms with Crippen LogP contribution in [0.3, 0.4) is 0 Å². The number of nitrogens with zero attached hydrogens (tertiary/aromatic N) is 2. The van der Waals surface area contributed by atoms with Gasteiger partial charge in [-0.05, 0) is 12.2 Å². The number of carbonyl (C=O) groups excluding carboxylic acids is 1. The maximum atomic E-state index is 11.8. The van der Waals surface area contributed by atoms with E-state index < -0.39 is 4.92 Å². The molecule has 0 aliphatic rings. The quantitative estimate of drug-likeness (QED) is 0.418. The number of amides is 1. The van der Waals surface area contributed by atoms with Gasteiger partial charge in [0.25, 0.3) is 11.6 Å². The average Bonchev–Trinajstić information content (AvgIpc) is 2.76. The molecule has 1 rings (SSSR count). The maximum absolute atomic E-state index is 11.8. The monoisotopic (exact) mass is 287 g/mol. The zero-order valence-electron chi connectivity index (χ0n) is 10.7. The topological polar surface area (TPSA) is 97.4 Å². The van der Waals surface area contributed by atoms with Gasteiger partial charge in [-0.3, -0.25) is 14.9 Å². The van der Waals surface area contributed by atoms with Crippen LogP contribution in [0, 0.1) is 10.1 Å². The molecular weight excluding hydrogens is 270 g/mol. The van der Waals surface area contributed by atoms with E-state index >= 15 is 0 Å². The average molecular weight is 287 g/mol. The van der Waals surface area contributed by atoms with Crippen molar-refractivity contribution in [1.29, 1.82) is 0 Å². The van der Waals surface area contributed by atoms with Gasteiger partial charge in [0, 0.05) is 32.0 Å². The van der Waals surface area contributed by atoms with E-state index in [9.17, 15) is 14.9 Å². The highest BCUT2D eigenvalue weighted by Gasteiger charge is 2.16. The Hall–Kier alpha value is -1.54. The minimum absolute atomic E-state index is 0.0926. The first-order valence-corrected chi connectivity index (χ1v) is 6.99. The van der Waals surface area contributed by atoms with Crippen LogP contribution in [0.5, 0.6) is 0 Å². The van der Waals surface area contributed by atoms with Gasteiger partial charge in [-0.15, -0.1) is 0 Å². The van der Waals surface area contributed by atoms with Crippen molar-refractivity contribution in [1.82, 2.24) is 9.88 Å². The SMILES string of the molecule is Cn1cc([N+](=O)[O-])cc1C(=O)NCCSCCCO. The van der Waals surface area contributed by atoms with Crippen LogP contribution in [0.25, 0.3) is 0 Å². The summed E-state index contributed by atoms with van der Waals surface area (Å²) in [5, 5.41) is 21.9.